The van der Waals surface area contributed by atoms with Gasteiger partial charge in [0.1, 0.15) is 5.52 Å². The molecule has 0 spiro atoms. The number of allylic oxidation sites excluding steroid dienone is 1. The lowest BCUT2D eigenvalue weighted by Crippen LogP contribution is -2.31. The van der Waals surface area contributed by atoms with Crippen molar-refractivity contribution in [1.29, 1.82) is 0 Å². The van der Waals surface area contributed by atoms with Crippen LogP contribution in [0.25, 0.3) is 11.6 Å². The van der Waals surface area contributed by atoms with Crippen molar-refractivity contribution in [1.82, 2.24) is 19.5 Å². The molecule has 0 aliphatic carbocycles. The molecule has 1 aliphatic heterocycles. The molecule has 1 saturated heterocycles. The molecular weight excluding hydrogens is 308 g/mol. The van der Waals surface area contributed by atoms with Gasteiger partial charge in [-0.3, -0.25) is 9.59 Å². The quantitative estimate of drug-likeness (QED) is 0.846. The monoisotopic (exact) mass is 330 g/mol. The Hall–Kier alpha value is -2.67. The lowest BCUT2D eigenvalue weighted by Gasteiger charge is -2.16. The number of nitrogens with one attached hydrogen (secondary N) is 1. The summed E-state index contributed by atoms with van der Waals surface area (Å²) in [5.74, 6) is 0.00972. The van der Waals surface area contributed by atoms with Gasteiger partial charge in [0, 0.05) is 19.7 Å². The summed E-state index contributed by atoms with van der Waals surface area (Å²) >= 11 is 0. The molecule has 1 N–H and O–H groups in total. The Bertz CT molecular complexity index is 767. The maximum absolute atomic E-state index is 11.4. The maximum Gasteiger partial charge on any atom is 0.274 e. The highest BCUT2D eigenvalue weighted by Crippen LogP contribution is 1.99. The molecule has 2 aromatic heterocycles. The zero-order valence-corrected chi connectivity index (χ0v) is 13.8. The first-order valence-electron chi connectivity index (χ1n) is 7.84. The van der Waals surface area contributed by atoms with E-state index in [1.807, 2.05) is 19.1 Å². The molecule has 2 aromatic rings. The van der Waals surface area contributed by atoms with E-state index in [1.54, 1.807) is 27.9 Å². The number of hydrogen-bond acceptors (Lipinski definition) is 4. The van der Waals surface area contributed by atoms with Gasteiger partial charge in [0.15, 0.2) is 0 Å². The maximum atomic E-state index is 11.4. The third kappa shape index (κ3) is 4.66. The molecule has 24 heavy (non-hydrogen) atoms. The fraction of sp³-hybridized carbons (Fsp3) is 0.353. The highest BCUT2D eigenvalue weighted by Gasteiger charge is 2.11. The average molecular weight is 330 g/mol. The van der Waals surface area contributed by atoms with Crippen LogP contribution in [0.15, 0.2) is 42.0 Å². The summed E-state index contributed by atoms with van der Waals surface area (Å²) in [5, 5.41) is 3.99. The molecule has 7 nitrogen and oxygen atoms in total. The second-order valence-electron chi connectivity index (χ2n) is 5.19. The van der Waals surface area contributed by atoms with E-state index in [4.69, 9.17) is 4.74 Å². The van der Waals surface area contributed by atoms with Crippen LogP contribution in [-0.4, -0.2) is 51.7 Å². The molecule has 0 atom stereocenters. The van der Waals surface area contributed by atoms with Crippen LogP contribution in [-0.2, 0) is 9.53 Å². The molecule has 7 heteroatoms. The number of H-pyrrole nitrogens is 1. The summed E-state index contributed by atoms with van der Waals surface area (Å²) in [5.41, 5.74) is 1.20. The molecule has 1 aliphatic rings. The summed E-state index contributed by atoms with van der Waals surface area (Å²) in [6.07, 6.45) is 9.34. The van der Waals surface area contributed by atoms with E-state index in [0.29, 0.717) is 18.7 Å². The molecule has 1 fully saturated rings. The highest BCUT2D eigenvalue weighted by molar-refractivity contribution is 5.86. The fourth-order valence-corrected chi connectivity index (χ4v) is 2.32. The summed E-state index contributed by atoms with van der Waals surface area (Å²) < 4.78 is 6.75. The number of amides is 1. The second kappa shape index (κ2) is 8.83. The Labute approximate surface area is 140 Å². The predicted molar refractivity (Wildman–Crippen MR) is 92.7 cm³/mol. The van der Waals surface area contributed by atoms with E-state index in [0.717, 1.165) is 25.3 Å². The fourth-order valence-electron chi connectivity index (χ4n) is 2.32. The summed E-state index contributed by atoms with van der Waals surface area (Å²) in [4.78, 5) is 27.0. The molecule has 0 unspecified atom stereocenters. The number of aromatic amines is 1. The van der Waals surface area contributed by atoms with Gasteiger partial charge in [0.05, 0.1) is 24.7 Å². The number of aromatic nitrogens is 3. The molecule has 3 rings (SSSR count). The van der Waals surface area contributed by atoms with Crippen LogP contribution in [0.3, 0.4) is 0 Å². The molecule has 0 aromatic carbocycles. The Morgan fingerprint density at radius 2 is 2.25 bits per heavy atom. The van der Waals surface area contributed by atoms with Crippen molar-refractivity contribution < 1.29 is 9.53 Å². The van der Waals surface area contributed by atoms with E-state index in [1.165, 1.54) is 6.08 Å². The second-order valence-corrected chi connectivity index (χ2v) is 5.19. The number of carbonyl (C=O) groups is 1. The van der Waals surface area contributed by atoms with Gasteiger partial charge in [-0.05, 0) is 31.6 Å². The SMILES string of the molecule is C/C=C/c1cn2nccc2c(=O)[nH]1.C=CC(=O)N1CCCOCC1. The molecular formula is C17H22N4O3. The number of hydrogen-bond donors (Lipinski definition) is 1. The Morgan fingerprint density at radius 3 is 3.00 bits per heavy atom. The van der Waals surface area contributed by atoms with Crippen molar-refractivity contribution in [3.05, 3.63) is 53.2 Å². The van der Waals surface area contributed by atoms with Crippen molar-refractivity contribution in [2.45, 2.75) is 13.3 Å². The van der Waals surface area contributed by atoms with Crippen LogP contribution in [0, 0.1) is 0 Å². The Kier molecular flexibility index (Phi) is 6.51. The lowest BCUT2D eigenvalue weighted by atomic mass is 10.4. The van der Waals surface area contributed by atoms with E-state index >= 15 is 0 Å². The van der Waals surface area contributed by atoms with Gasteiger partial charge in [-0.2, -0.15) is 5.10 Å². The molecule has 3 heterocycles. The number of fused-ring (bicyclic) bond motifs is 1. The van der Waals surface area contributed by atoms with Gasteiger partial charge in [-0.15, -0.1) is 0 Å². The normalized spacial score (nSPS) is 15.0. The van der Waals surface area contributed by atoms with E-state index in [2.05, 4.69) is 16.7 Å². The van der Waals surface area contributed by atoms with Crippen LogP contribution in [0.4, 0.5) is 0 Å². The highest BCUT2D eigenvalue weighted by atomic mass is 16.5. The number of nitrogens with zero attached hydrogens (tertiary/aromatic N) is 3. The Balaban J connectivity index is 0.000000177. The first kappa shape index (κ1) is 17.7. The zero-order valence-electron chi connectivity index (χ0n) is 13.8. The average Bonchev–Trinajstić information content (AvgIpc) is 2.89. The van der Waals surface area contributed by atoms with Gasteiger partial charge in [-0.25, -0.2) is 4.52 Å². The lowest BCUT2D eigenvalue weighted by molar-refractivity contribution is -0.126. The van der Waals surface area contributed by atoms with Crippen molar-refractivity contribution in [3.63, 3.8) is 0 Å². The van der Waals surface area contributed by atoms with Gasteiger partial charge in [0.25, 0.3) is 5.56 Å². The number of rotatable bonds is 2. The minimum Gasteiger partial charge on any atom is -0.380 e. The number of carbonyl (C=O) groups excluding carboxylic acids is 1. The van der Waals surface area contributed by atoms with Crippen molar-refractivity contribution >= 4 is 17.5 Å². The molecule has 0 radical (unpaired) electrons. The minimum absolute atomic E-state index is 0.00972. The molecule has 0 bridgehead atoms. The molecule has 128 valence electrons. The topological polar surface area (TPSA) is 79.7 Å². The van der Waals surface area contributed by atoms with Gasteiger partial charge < -0.3 is 14.6 Å². The predicted octanol–water partition coefficient (Wildman–Crippen LogP) is 1.48. The van der Waals surface area contributed by atoms with Crippen LogP contribution in [0.2, 0.25) is 0 Å². The van der Waals surface area contributed by atoms with E-state index in [-0.39, 0.29) is 11.5 Å². The third-order valence-electron chi connectivity index (χ3n) is 3.48. The molecule has 0 saturated carbocycles. The van der Waals surface area contributed by atoms with Gasteiger partial charge >= 0.3 is 0 Å². The van der Waals surface area contributed by atoms with Crippen molar-refractivity contribution in [2.75, 3.05) is 26.3 Å². The first-order chi connectivity index (χ1) is 11.7. The standard InChI is InChI=1S/C9H9N3O.C8H13NO2/c1-2-3-7-6-12-8(4-5-10-12)9(13)11-7;1-2-8(10)9-4-3-6-11-7-5-9/h2-6H,1H3,(H,11,13);2H,1,3-7H2/b3-2+;. The summed E-state index contributed by atoms with van der Waals surface area (Å²) in [6, 6.07) is 1.68. The Morgan fingerprint density at radius 1 is 1.42 bits per heavy atom. The van der Waals surface area contributed by atoms with Crippen LogP contribution < -0.4 is 5.56 Å². The summed E-state index contributed by atoms with van der Waals surface area (Å²) in [6.45, 7) is 8.24. The van der Waals surface area contributed by atoms with Gasteiger partial charge in [-0.1, -0.05) is 12.7 Å². The zero-order chi connectivity index (χ0) is 17.4. The van der Waals surface area contributed by atoms with Crippen LogP contribution in [0.5, 0.6) is 0 Å². The van der Waals surface area contributed by atoms with Crippen LogP contribution >= 0.6 is 0 Å². The van der Waals surface area contributed by atoms with E-state index in [9.17, 15) is 9.59 Å². The minimum atomic E-state index is -0.117. The van der Waals surface area contributed by atoms with Gasteiger partial charge in [0.2, 0.25) is 5.91 Å². The largest absolute Gasteiger partial charge is 0.380 e. The first-order valence-corrected chi connectivity index (χ1v) is 7.84. The van der Waals surface area contributed by atoms with Crippen LogP contribution in [0.1, 0.15) is 19.0 Å². The third-order valence-corrected chi connectivity index (χ3v) is 3.48. The number of ether oxygens (including phenoxy) is 1. The van der Waals surface area contributed by atoms with E-state index < -0.39 is 0 Å². The van der Waals surface area contributed by atoms with Crippen molar-refractivity contribution in [2.24, 2.45) is 0 Å². The summed E-state index contributed by atoms with van der Waals surface area (Å²) in [7, 11) is 0. The smallest absolute Gasteiger partial charge is 0.274 e. The van der Waals surface area contributed by atoms with Crippen molar-refractivity contribution in [3.8, 4) is 0 Å². The molecule has 1 amide bonds.